The highest BCUT2D eigenvalue weighted by Gasteiger charge is 2.08. The number of unbranched alkanes of at least 4 members (excludes halogenated alkanes) is 18. The van der Waals surface area contributed by atoms with Gasteiger partial charge in [0, 0.05) is 0 Å². The molecule has 1 unspecified atom stereocenters. The van der Waals surface area contributed by atoms with Crippen LogP contribution in [-0.4, -0.2) is 0 Å². The average Bonchev–Trinajstić information content (AvgIpc) is 2.71. The maximum atomic E-state index is 2.35. The minimum Gasteiger partial charge on any atom is -0.0654 e. The molecule has 0 bridgehead atoms. The molecule has 0 aliphatic heterocycles. The highest BCUT2D eigenvalue weighted by Crippen LogP contribution is 2.23. The maximum absolute atomic E-state index is 2.35. The van der Waals surface area contributed by atoms with E-state index in [0.717, 1.165) is 5.92 Å². The fourth-order valence-electron chi connectivity index (χ4n) is 4.59. The summed E-state index contributed by atoms with van der Waals surface area (Å²) in [6.07, 6.45) is 35.3. The third-order valence-corrected chi connectivity index (χ3v) is 6.65. The number of hydrogen-bond acceptors (Lipinski definition) is 0. The lowest BCUT2D eigenvalue weighted by molar-refractivity contribution is 0.371. The van der Waals surface area contributed by atoms with Gasteiger partial charge >= 0.3 is 0 Å². The molecular weight excluding hydrogens is 336 g/mol. The Kier molecular flexibility index (Phi) is 25.0. The van der Waals surface area contributed by atoms with Crippen LogP contribution in [0.4, 0.5) is 0 Å². The van der Waals surface area contributed by atoms with Gasteiger partial charge in [0.15, 0.2) is 0 Å². The molecule has 0 rings (SSSR count). The zero-order valence-electron chi connectivity index (χ0n) is 20.5. The number of hydrogen-bond donors (Lipinski definition) is 0. The van der Waals surface area contributed by atoms with Crippen LogP contribution < -0.4 is 0 Å². The van der Waals surface area contributed by atoms with E-state index in [4.69, 9.17) is 0 Å². The standard InChI is InChI=1S/C28H58/c1-4-7-10-12-13-14-15-16-17-18-19-20-21-22-24-27-28(25-9-6-3)26-23-11-8-5-2/h28H,4-27H2,1-3H3. The van der Waals surface area contributed by atoms with Gasteiger partial charge in [-0.2, -0.15) is 0 Å². The van der Waals surface area contributed by atoms with Gasteiger partial charge in [0.05, 0.1) is 0 Å². The molecule has 0 amide bonds. The predicted molar refractivity (Wildman–Crippen MR) is 131 cm³/mol. The summed E-state index contributed by atoms with van der Waals surface area (Å²) in [4.78, 5) is 0. The molecule has 0 aromatic rings. The molecule has 0 spiro atoms. The quantitative estimate of drug-likeness (QED) is 0.143. The number of rotatable bonds is 24. The molecule has 0 saturated carbocycles. The van der Waals surface area contributed by atoms with Gasteiger partial charge in [0.1, 0.15) is 0 Å². The Hall–Kier alpha value is 0. The summed E-state index contributed by atoms with van der Waals surface area (Å²) < 4.78 is 0. The van der Waals surface area contributed by atoms with Gasteiger partial charge in [-0.3, -0.25) is 0 Å². The lowest BCUT2D eigenvalue weighted by Gasteiger charge is -2.16. The van der Waals surface area contributed by atoms with Crippen molar-refractivity contribution in [1.29, 1.82) is 0 Å². The van der Waals surface area contributed by atoms with Crippen LogP contribution in [0.1, 0.15) is 175 Å². The first-order chi connectivity index (χ1) is 13.8. The van der Waals surface area contributed by atoms with Crippen molar-refractivity contribution >= 4 is 0 Å². The van der Waals surface area contributed by atoms with E-state index in [9.17, 15) is 0 Å². The second-order valence-corrected chi connectivity index (χ2v) is 9.60. The Bertz CT molecular complexity index is 257. The second-order valence-electron chi connectivity index (χ2n) is 9.60. The van der Waals surface area contributed by atoms with Crippen molar-refractivity contribution in [2.45, 2.75) is 175 Å². The van der Waals surface area contributed by atoms with Crippen molar-refractivity contribution in [2.24, 2.45) is 5.92 Å². The minimum atomic E-state index is 1.04. The lowest BCUT2D eigenvalue weighted by Crippen LogP contribution is -2.01. The molecule has 0 aliphatic rings. The lowest BCUT2D eigenvalue weighted by atomic mass is 9.90. The first-order valence-corrected chi connectivity index (χ1v) is 13.8. The Morgan fingerprint density at radius 3 is 0.893 bits per heavy atom. The molecule has 0 aromatic heterocycles. The highest BCUT2D eigenvalue weighted by molar-refractivity contribution is 4.61. The molecule has 0 heterocycles. The monoisotopic (exact) mass is 394 g/mol. The van der Waals surface area contributed by atoms with Gasteiger partial charge in [-0.1, -0.05) is 175 Å². The van der Waals surface area contributed by atoms with Gasteiger partial charge < -0.3 is 0 Å². The fraction of sp³-hybridized carbons (Fsp3) is 1.00. The Morgan fingerprint density at radius 1 is 0.286 bits per heavy atom. The summed E-state index contributed by atoms with van der Waals surface area (Å²) in [5.41, 5.74) is 0. The van der Waals surface area contributed by atoms with Crippen molar-refractivity contribution in [3.8, 4) is 0 Å². The van der Waals surface area contributed by atoms with E-state index in [-0.39, 0.29) is 0 Å². The Morgan fingerprint density at radius 2 is 0.536 bits per heavy atom. The van der Waals surface area contributed by atoms with E-state index in [1.807, 2.05) is 0 Å². The summed E-state index contributed by atoms with van der Waals surface area (Å²) in [6, 6.07) is 0. The predicted octanol–water partition coefficient (Wildman–Crippen LogP) is 11.0. The van der Waals surface area contributed by atoms with Crippen LogP contribution in [0, 0.1) is 5.92 Å². The van der Waals surface area contributed by atoms with Gasteiger partial charge in [-0.15, -0.1) is 0 Å². The average molecular weight is 395 g/mol. The molecule has 0 radical (unpaired) electrons. The largest absolute Gasteiger partial charge is 0.0654 e. The third-order valence-electron chi connectivity index (χ3n) is 6.65. The summed E-state index contributed by atoms with van der Waals surface area (Å²) in [5.74, 6) is 1.04. The normalized spacial score (nSPS) is 12.5. The molecule has 0 heteroatoms. The van der Waals surface area contributed by atoms with Crippen molar-refractivity contribution in [1.82, 2.24) is 0 Å². The van der Waals surface area contributed by atoms with Crippen LogP contribution in [0.25, 0.3) is 0 Å². The van der Waals surface area contributed by atoms with Crippen molar-refractivity contribution in [3.05, 3.63) is 0 Å². The molecule has 170 valence electrons. The van der Waals surface area contributed by atoms with Crippen molar-refractivity contribution in [3.63, 3.8) is 0 Å². The molecule has 0 nitrogen and oxygen atoms in total. The van der Waals surface area contributed by atoms with E-state index in [2.05, 4.69) is 20.8 Å². The van der Waals surface area contributed by atoms with Crippen LogP contribution in [0.3, 0.4) is 0 Å². The topological polar surface area (TPSA) is 0 Å². The molecule has 0 fully saturated rings. The molecule has 0 N–H and O–H groups in total. The van der Waals surface area contributed by atoms with E-state index in [1.54, 1.807) is 0 Å². The SMILES string of the molecule is CCCCCCCCCCCCCCCCCC(CCCC)CCCCCC. The van der Waals surface area contributed by atoms with Crippen LogP contribution in [-0.2, 0) is 0 Å². The van der Waals surface area contributed by atoms with Gasteiger partial charge in [0.2, 0.25) is 0 Å². The summed E-state index contributed by atoms with van der Waals surface area (Å²) in [7, 11) is 0. The van der Waals surface area contributed by atoms with E-state index >= 15 is 0 Å². The summed E-state index contributed by atoms with van der Waals surface area (Å²) in [6.45, 7) is 6.98. The zero-order valence-corrected chi connectivity index (χ0v) is 20.5. The highest BCUT2D eigenvalue weighted by atomic mass is 14.1. The fourth-order valence-corrected chi connectivity index (χ4v) is 4.59. The molecule has 0 saturated heterocycles. The smallest absolute Gasteiger partial charge is 0.0414 e. The minimum absolute atomic E-state index is 1.04. The van der Waals surface area contributed by atoms with Crippen LogP contribution in [0.5, 0.6) is 0 Å². The van der Waals surface area contributed by atoms with E-state index in [1.165, 1.54) is 154 Å². The third kappa shape index (κ3) is 22.3. The Balaban J connectivity index is 3.35. The van der Waals surface area contributed by atoms with Crippen molar-refractivity contribution in [2.75, 3.05) is 0 Å². The van der Waals surface area contributed by atoms with Gasteiger partial charge in [-0.25, -0.2) is 0 Å². The molecule has 0 aromatic carbocycles. The van der Waals surface area contributed by atoms with Crippen LogP contribution in [0.15, 0.2) is 0 Å². The maximum Gasteiger partial charge on any atom is -0.0414 e. The second kappa shape index (κ2) is 25.0. The molecule has 28 heavy (non-hydrogen) atoms. The van der Waals surface area contributed by atoms with E-state index < -0.39 is 0 Å². The van der Waals surface area contributed by atoms with Crippen molar-refractivity contribution < 1.29 is 0 Å². The van der Waals surface area contributed by atoms with Crippen LogP contribution >= 0.6 is 0 Å². The Labute approximate surface area is 181 Å². The van der Waals surface area contributed by atoms with Crippen LogP contribution in [0.2, 0.25) is 0 Å². The molecule has 0 aliphatic carbocycles. The zero-order chi connectivity index (χ0) is 20.5. The first-order valence-electron chi connectivity index (χ1n) is 13.8. The van der Waals surface area contributed by atoms with Gasteiger partial charge in [-0.05, 0) is 5.92 Å². The van der Waals surface area contributed by atoms with Gasteiger partial charge in [0.25, 0.3) is 0 Å². The first kappa shape index (κ1) is 28.0. The molecule has 1 atom stereocenters. The summed E-state index contributed by atoms with van der Waals surface area (Å²) >= 11 is 0. The van der Waals surface area contributed by atoms with E-state index in [0.29, 0.717) is 0 Å². The molecular formula is C28H58. The summed E-state index contributed by atoms with van der Waals surface area (Å²) in [5, 5.41) is 0.